The van der Waals surface area contributed by atoms with Crippen molar-refractivity contribution in [3.8, 4) is 0 Å². The quantitative estimate of drug-likeness (QED) is 0.722. The summed E-state index contributed by atoms with van der Waals surface area (Å²) in [5.74, 6) is -0.0848. The lowest BCUT2D eigenvalue weighted by atomic mass is 9.96. The van der Waals surface area contributed by atoms with Gasteiger partial charge in [0.2, 0.25) is 20.0 Å². The third kappa shape index (κ3) is 4.62. The Hall–Kier alpha value is -2.39. The number of anilines is 1. The zero-order valence-corrected chi connectivity index (χ0v) is 18.3. The van der Waals surface area contributed by atoms with Gasteiger partial charge in [0, 0.05) is 12.1 Å². The number of hydrazone groups is 1. The summed E-state index contributed by atoms with van der Waals surface area (Å²) in [6.45, 7) is 5.11. The lowest BCUT2D eigenvalue weighted by Gasteiger charge is -2.24. The van der Waals surface area contributed by atoms with Gasteiger partial charge in [0.25, 0.3) is 0 Å². The van der Waals surface area contributed by atoms with Gasteiger partial charge < -0.3 is 0 Å². The minimum Gasteiger partial charge on any atom is -0.284 e. The summed E-state index contributed by atoms with van der Waals surface area (Å²) >= 11 is 0. The van der Waals surface area contributed by atoms with E-state index in [4.69, 9.17) is 0 Å². The first-order valence-electron chi connectivity index (χ1n) is 9.43. The third-order valence-corrected chi connectivity index (χ3v) is 7.86. The number of rotatable bonds is 7. The highest BCUT2D eigenvalue weighted by atomic mass is 32.2. The van der Waals surface area contributed by atoms with Crippen LogP contribution in [-0.4, -0.2) is 38.5 Å². The van der Waals surface area contributed by atoms with Crippen molar-refractivity contribution < 1.29 is 16.8 Å². The summed E-state index contributed by atoms with van der Waals surface area (Å²) in [6.07, 6.45) is 0.411. The van der Waals surface area contributed by atoms with Crippen LogP contribution >= 0.6 is 0 Å². The van der Waals surface area contributed by atoms with E-state index in [1.807, 2.05) is 31.2 Å². The molecule has 0 spiro atoms. The van der Waals surface area contributed by atoms with Crippen molar-refractivity contribution in [2.24, 2.45) is 5.10 Å². The maximum atomic E-state index is 12.7. The van der Waals surface area contributed by atoms with Crippen LogP contribution in [0.15, 0.2) is 53.6 Å². The maximum Gasteiger partial charge on any atom is 0.250 e. The first kappa shape index (κ1) is 21.3. The van der Waals surface area contributed by atoms with Crippen molar-refractivity contribution >= 4 is 31.4 Å². The van der Waals surface area contributed by atoms with Crippen molar-refractivity contribution in [1.82, 2.24) is 4.41 Å². The molecular weight excluding hydrogens is 410 g/mol. The standard InChI is InChI=1S/C20H25N3O4S2/c1-4-28(24,25)22-17-11-8-10-16(13-17)19-14-20(18-12-7-6-9-15(18)3)23(21-19)29(26,27)5-2/h6-13,20,22H,4-5,14H2,1-3H3/t20-/m1/s1. The number of nitrogens with one attached hydrogen (secondary N) is 1. The number of benzene rings is 2. The Kier molecular flexibility index (Phi) is 6.00. The van der Waals surface area contributed by atoms with Crippen LogP contribution < -0.4 is 4.72 Å². The SMILES string of the molecule is CCS(=O)(=O)Nc1cccc(C2=NN(S(=O)(=O)CC)[C@@H](c3ccccc3C)C2)c1. The van der Waals surface area contributed by atoms with Gasteiger partial charge in [-0.2, -0.15) is 9.52 Å². The number of hydrogen-bond donors (Lipinski definition) is 1. The molecule has 29 heavy (non-hydrogen) atoms. The average molecular weight is 436 g/mol. The number of aryl methyl sites for hydroxylation is 1. The molecule has 0 amide bonds. The molecule has 2 aromatic carbocycles. The molecule has 0 saturated carbocycles. The summed E-state index contributed by atoms with van der Waals surface area (Å²) < 4.78 is 52.9. The smallest absolute Gasteiger partial charge is 0.250 e. The number of nitrogens with zero attached hydrogens (tertiary/aromatic N) is 2. The van der Waals surface area contributed by atoms with Crippen molar-refractivity contribution in [1.29, 1.82) is 0 Å². The van der Waals surface area contributed by atoms with Crippen molar-refractivity contribution in [2.45, 2.75) is 33.2 Å². The second-order valence-corrected chi connectivity index (χ2v) is 11.0. The van der Waals surface area contributed by atoms with Gasteiger partial charge in [-0.1, -0.05) is 36.4 Å². The average Bonchev–Trinajstić information content (AvgIpc) is 3.14. The van der Waals surface area contributed by atoms with E-state index in [1.54, 1.807) is 38.1 Å². The van der Waals surface area contributed by atoms with Gasteiger partial charge in [0.1, 0.15) is 0 Å². The van der Waals surface area contributed by atoms with Gasteiger partial charge in [-0.3, -0.25) is 4.72 Å². The Balaban J connectivity index is 2.01. The number of hydrogen-bond acceptors (Lipinski definition) is 5. The Labute approximate surface area is 172 Å². The molecule has 7 nitrogen and oxygen atoms in total. The fourth-order valence-electron chi connectivity index (χ4n) is 3.26. The van der Waals surface area contributed by atoms with Crippen LogP contribution in [0.5, 0.6) is 0 Å². The van der Waals surface area contributed by atoms with E-state index in [-0.39, 0.29) is 11.5 Å². The fourth-order valence-corrected chi connectivity index (χ4v) is 4.95. The molecular formula is C20H25N3O4S2. The van der Waals surface area contributed by atoms with Gasteiger partial charge >= 0.3 is 0 Å². The largest absolute Gasteiger partial charge is 0.284 e. The summed E-state index contributed by atoms with van der Waals surface area (Å²) in [5, 5.41) is 4.44. The highest BCUT2D eigenvalue weighted by molar-refractivity contribution is 7.92. The summed E-state index contributed by atoms with van der Waals surface area (Å²) in [7, 11) is -6.97. The molecule has 0 radical (unpaired) electrons. The molecule has 9 heteroatoms. The molecule has 0 aliphatic carbocycles. The lowest BCUT2D eigenvalue weighted by molar-refractivity contribution is 0.371. The molecule has 2 aromatic rings. The Morgan fingerprint density at radius 1 is 1.03 bits per heavy atom. The molecule has 1 N–H and O–H groups in total. The Morgan fingerprint density at radius 3 is 2.41 bits per heavy atom. The first-order chi connectivity index (χ1) is 13.7. The van der Waals surface area contributed by atoms with E-state index < -0.39 is 26.1 Å². The monoisotopic (exact) mass is 435 g/mol. The topological polar surface area (TPSA) is 95.9 Å². The van der Waals surface area contributed by atoms with Crippen LogP contribution in [0, 0.1) is 6.92 Å². The molecule has 0 unspecified atom stereocenters. The lowest BCUT2D eigenvalue weighted by Crippen LogP contribution is -2.29. The van der Waals surface area contributed by atoms with E-state index in [1.165, 1.54) is 4.41 Å². The summed E-state index contributed by atoms with van der Waals surface area (Å²) in [4.78, 5) is 0. The van der Waals surface area contributed by atoms with Crippen molar-refractivity contribution in [2.75, 3.05) is 16.2 Å². The second-order valence-electron chi connectivity index (χ2n) is 6.88. The molecule has 3 rings (SSSR count). The fraction of sp³-hybridized carbons (Fsp3) is 0.350. The Bertz CT molecular complexity index is 1140. The predicted molar refractivity (Wildman–Crippen MR) is 116 cm³/mol. The molecule has 1 aliphatic rings. The van der Waals surface area contributed by atoms with E-state index in [2.05, 4.69) is 9.82 Å². The van der Waals surface area contributed by atoms with Crippen LogP contribution in [-0.2, 0) is 20.0 Å². The van der Waals surface area contributed by atoms with E-state index in [0.29, 0.717) is 23.4 Å². The van der Waals surface area contributed by atoms with Gasteiger partial charge in [0.05, 0.1) is 23.3 Å². The van der Waals surface area contributed by atoms with Crippen LogP contribution in [0.1, 0.15) is 43.0 Å². The van der Waals surface area contributed by atoms with Crippen LogP contribution in [0.25, 0.3) is 0 Å². The van der Waals surface area contributed by atoms with Crippen molar-refractivity contribution in [3.05, 3.63) is 65.2 Å². The summed E-state index contributed by atoms with van der Waals surface area (Å²) in [6, 6.07) is 14.1. The summed E-state index contributed by atoms with van der Waals surface area (Å²) in [5.41, 5.74) is 3.62. The highest BCUT2D eigenvalue weighted by Crippen LogP contribution is 2.36. The van der Waals surface area contributed by atoms with Gasteiger partial charge in [0.15, 0.2) is 0 Å². The van der Waals surface area contributed by atoms with E-state index in [0.717, 1.165) is 11.1 Å². The van der Waals surface area contributed by atoms with Gasteiger partial charge in [-0.15, -0.1) is 0 Å². The van der Waals surface area contributed by atoms with E-state index >= 15 is 0 Å². The van der Waals surface area contributed by atoms with E-state index in [9.17, 15) is 16.8 Å². The molecule has 1 aliphatic heterocycles. The zero-order valence-electron chi connectivity index (χ0n) is 16.7. The van der Waals surface area contributed by atoms with Crippen LogP contribution in [0.4, 0.5) is 5.69 Å². The normalized spacial score (nSPS) is 17.3. The number of sulfonamides is 2. The second kappa shape index (κ2) is 8.16. The van der Waals surface area contributed by atoms with Gasteiger partial charge in [-0.25, -0.2) is 16.8 Å². The maximum absolute atomic E-state index is 12.7. The van der Waals surface area contributed by atoms with Gasteiger partial charge in [-0.05, 0) is 49.6 Å². The minimum absolute atomic E-state index is 0.0317. The molecule has 1 heterocycles. The zero-order chi connectivity index (χ0) is 21.2. The molecule has 0 saturated heterocycles. The Morgan fingerprint density at radius 2 is 1.76 bits per heavy atom. The van der Waals surface area contributed by atoms with Crippen molar-refractivity contribution in [3.63, 3.8) is 0 Å². The molecule has 0 aromatic heterocycles. The third-order valence-electron chi connectivity index (χ3n) is 4.92. The molecule has 1 atom stereocenters. The predicted octanol–water partition coefficient (Wildman–Crippen LogP) is 3.26. The molecule has 156 valence electrons. The minimum atomic E-state index is -3.56. The molecule has 0 fully saturated rings. The molecule has 0 bridgehead atoms. The highest BCUT2D eigenvalue weighted by Gasteiger charge is 2.36. The van der Waals surface area contributed by atoms with Crippen LogP contribution in [0.3, 0.4) is 0 Å². The van der Waals surface area contributed by atoms with Crippen LogP contribution in [0.2, 0.25) is 0 Å². The first-order valence-corrected chi connectivity index (χ1v) is 12.7.